The number of non-ortho nitro benzene ring substituents is 1. The van der Waals surface area contributed by atoms with Crippen LogP contribution < -0.4 is 0 Å². The van der Waals surface area contributed by atoms with Gasteiger partial charge in [0.1, 0.15) is 0 Å². The monoisotopic (exact) mass is 257 g/mol. The van der Waals surface area contributed by atoms with Gasteiger partial charge >= 0.3 is 0 Å². The molecule has 0 amide bonds. The van der Waals surface area contributed by atoms with Crippen LogP contribution in [-0.2, 0) is 0 Å². The van der Waals surface area contributed by atoms with Crippen molar-refractivity contribution in [1.82, 2.24) is 0 Å². The molecule has 0 spiro atoms. The maximum Gasteiger partial charge on any atom is 0.269 e. The summed E-state index contributed by atoms with van der Waals surface area (Å²) in [5.41, 5.74) is 1.61. The molecule has 6 nitrogen and oxygen atoms in total. The fraction of sp³-hybridized carbons (Fsp3) is 0. The number of hydrogen-bond acceptors (Lipinski definition) is 4. The molecule has 0 unspecified atom stereocenters. The first-order chi connectivity index (χ1) is 9.06. The Morgan fingerprint density at radius 1 is 1.00 bits per heavy atom. The van der Waals surface area contributed by atoms with Crippen LogP contribution in [0.15, 0.2) is 54.1 Å². The molecule has 0 N–H and O–H groups in total. The molecule has 0 bridgehead atoms. The van der Waals surface area contributed by atoms with Gasteiger partial charge in [-0.1, -0.05) is 18.2 Å². The van der Waals surface area contributed by atoms with Gasteiger partial charge in [0.15, 0.2) is 6.04 Å². The van der Waals surface area contributed by atoms with Crippen LogP contribution in [0.25, 0.3) is 6.08 Å². The van der Waals surface area contributed by atoms with E-state index in [1.807, 2.05) is 0 Å². The van der Waals surface area contributed by atoms with Crippen molar-refractivity contribution in [3.8, 4) is 0 Å². The predicted octanol–water partition coefficient (Wildman–Crippen LogP) is 2.91. The Morgan fingerprint density at radius 2 is 1.58 bits per heavy atom. The zero-order chi connectivity index (χ0) is 13.8. The first-order valence-corrected chi connectivity index (χ1v) is 5.40. The summed E-state index contributed by atoms with van der Waals surface area (Å²) in [6.07, 6.45) is 7.86. The van der Waals surface area contributed by atoms with Crippen molar-refractivity contribution in [2.75, 3.05) is 0 Å². The molecule has 0 heterocycles. The Morgan fingerprint density at radius 3 is 2.05 bits per heavy atom. The third kappa shape index (κ3) is 3.06. The zero-order valence-corrected chi connectivity index (χ0v) is 9.72. The van der Waals surface area contributed by atoms with E-state index in [0.717, 1.165) is 11.1 Å². The van der Waals surface area contributed by atoms with Gasteiger partial charge in [0.25, 0.3) is 5.69 Å². The largest absolute Gasteiger partial charge is 0.270 e. The molecule has 0 atom stereocenters. The Hall–Kier alpha value is -2.89. The maximum absolute atomic E-state index is 10.5. The number of allylic oxidation sites excluding steroid dienone is 3. The third-order valence-corrected chi connectivity index (χ3v) is 2.54. The molecular weight excluding hydrogens is 248 g/mol. The summed E-state index contributed by atoms with van der Waals surface area (Å²) in [4.78, 5) is 20.1. The molecule has 0 aromatic heterocycles. The minimum atomic E-state index is -0.463. The highest BCUT2D eigenvalue weighted by Crippen LogP contribution is 2.19. The maximum atomic E-state index is 10.5. The zero-order valence-electron chi connectivity index (χ0n) is 9.72. The van der Waals surface area contributed by atoms with E-state index in [1.165, 1.54) is 24.3 Å². The van der Waals surface area contributed by atoms with Gasteiger partial charge in [0.05, 0.1) is 4.92 Å². The van der Waals surface area contributed by atoms with Gasteiger partial charge in [-0.25, -0.2) is 0 Å². The Labute approximate surface area is 108 Å². The van der Waals surface area contributed by atoms with Crippen molar-refractivity contribution < 1.29 is 9.85 Å². The fourth-order valence-corrected chi connectivity index (χ4v) is 1.58. The molecule has 19 heavy (non-hydrogen) atoms. The summed E-state index contributed by atoms with van der Waals surface area (Å²) in [6.45, 7) is 0. The average molecular weight is 257 g/mol. The molecule has 0 aliphatic heterocycles. The highest BCUT2D eigenvalue weighted by atomic mass is 16.6. The Bertz CT molecular complexity index is 584. The SMILES string of the molecule is O=[N+]([O-])c1ccc(C=C2C=C[C-]([N+](=O)[O-])C=C2)cc1. The van der Waals surface area contributed by atoms with Crippen molar-refractivity contribution in [1.29, 1.82) is 0 Å². The lowest BCUT2D eigenvalue weighted by molar-refractivity contribution is -0.448. The quantitative estimate of drug-likeness (QED) is 0.473. The molecule has 0 saturated heterocycles. The van der Waals surface area contributed by atoms with Gasteiger partial charge in [-0.2, -0.15) is 12.2 Å². The second-order valence-electron chi connectivity index (χ2n) is 3.84. The molecule has 2 rings (SSSR count). The van der Waals surface area contributed by atoms with Gasteiger partial charge in [0, 0.05) is 17.1 Å². The van der Waals surface area contributed by atoms with Crippen molar-refractivity contribution in [3.05, 3.63) is 86.0 Å². The van der Waals surface area contributed by atoms with Crippen LogP contribution in [0.1, 0.15) is 5.56 Å². The van der Waals surface area contributed by atoms with E-state index >= 15 is 0 Å². The van der Waals surface area contributed by atoms with Gasteiger partial charge in [-0.15, -0.1) is 5.57 Å². The molecule has 96 valence electrons. The number of benzene rings is 1. The predicted molar refractivity (Wildman–Crippen MR) is 69.6 cm³/mol. The third-order valence-electron chi connectivity index (χ3n) is 2.54. The second kappa shape index (κ2) is 5.18. The minimum Gasteiger partial charge on any atom is -0.270 e. The van der Waals surface area contributed by atoms with Crippen LogP contribution in [0, 0.1) is 26.3 Å². The molecule has 1 aliphatic rings. The van der Waals surface area contributed by atoms with Crippen LogP contribution in [-0.4, -0.2) is 9.85 Å². The Balaban J connectivity index is 2.15. The van der Waals surface area contributed by atoms with Crippen LogP contribution in [0.2, 0.25) is 0 Å². The van der Waals surface area contributed by atoms with E-state index in [0.29, 0.717) is 0 Å². The van der Waals surface area contributed by atoms with Gasteiger partial charge in [0.2, 0.25) is 0 Å². The number of nitrogens with zero attached hydrogens (tertiary/aromatic N) is 2. The van der Waals surface area contributed by atoms with Crippen LogP contribution in [0.4, 0.5) is 5.69 Å². The van der Waals surface area contributed by atoms with Crippen molar-refractivity contribution in [2.45, 2.75) is 0 Å². The highest BCUT2D eigenvalue weighted by molar-refractivity contribution is 5.62. The normalized spacial score (nSPS) is 13.5. The molecule has 0 radical (unpaired) electrons. The van der Waals surface area contributed by atoms with E-state index in [-0.39, 0.29) is 11.7 Å². The molecule has 0 fully saturated rings. The topological polar surface area (TPSA) is 86.3 Å². The smallest absolute Gasteiger partial charge is 0.269 e. The van der Waals surface area contributed by atoms with E-state index in [9.17, 15) is 20.2 Å². The van der Waals surface area contributed by atoms with Crippen molar-refractivity contribution in [3.63, 3.8) is 0 Å². The summed E-state index contributed by atoms with van der Waals surface area (Å²) in [5, 5.41) is 21.0. The van der Waals surface area contributed by atoms with Gasteiger partial charge in [-0.3, -0.25) is 20.2 Å². The van der Waals surface area contributed by atoms with E-state index < -0.39 is 9.85 Å². The lowest BCUT2D eigenvalue weighted by Gasteiger charge is -2.12. The van der Waals surface area contributed by atoms with Crippen molar-refractivity contribution in [2.24, 2.45) is 0 Å². The van der Waals surface area contributed by atoms with Crippen LogP contribution in [0.5, 0.6) is 0 Å². The fourth-order valence-electron chi connectivity index (χ4n) is 1.58. The average Bonchev–Trinajstić information content (AvgIpc) is 2.40. The molecule has 1 aromatic rings. The van der Waals surface area contributed by atoms with E-state index in [4.69, 9.17) is 0 Å². The summed E-state index contributed by atoms with van der Waals surface area (Å²) in [6, 6.07) is 6.11. The van der Waals surface area contributed by atoms with E-state index in [2.05, 4.69) is 0 Å². The lowest BCUT2D eigenvalue weighted by atomic mass is 10.0. The number of hydrogen-bond donors (Lipinski definition) is 0. The van der Waals surface area contributed by atoms with Crippen LogP contribution >= 0.6 is 0 Å². The molecular formula is C13H9N2O4-. The summed E-state index contributed by atoms with van der Waals surface area (Å²) < 4.78 is 0. The summed E-state index contributed by atoms with van der Waals surface area (Å²) in [5.74, 6) is 0. The molecule has 6 heteroatoms. The van der Waals surface area contributed by atoms with Gasteiger partial charge < -0.3 is 0 Å². The Kier molecular flexibility index (Phi) is 3.42. The number of nitro groups is 2. The molecule has 0 saturated carbocycles. The standard InChI is InChI=1S/C13H9N2O4/c16-14(17)12-5-1-10(2-6-12)9-11-3-7-13(8-4-11)15(18)19/h1-9H/q-1. The minimum absolute atomic E-state index is 0.0286. The van der Waals surface area contributed by atoms with Crippen molar-refractivity contribution >= 4 is 11.8 Å². The van der Waals surface area contributed by atoms with Gasteiger partial charge in [-0.05, 0) is 17.7 Å². The molecule has 1 aliphatic carbocycles. The lowest BCUT2D eigenvalue weighted by Crippen LogP contribution is -2.05. The van der Waals surface area contributed by atoms with Crippen LogP contribution in [0.3, 0.4) is 0 Å². The summed E-state index contributed by atoms with van der Waals surface area (Å²) in [7, 11) is 0. The first-order valence-electron chi connectivity index (χ1n) is 5.40. The second-order valence-corrected chi connectivity index (χ2v) is 3.84. The first kappa shape index (κ1) is 12.6. The highest BCUT2D eigenvalue weighted by Gasteiger charge is 2.07. The number of rotatable bonds is 3. The number of nitro benzene ring substituents is 1. The van der Waals surface area contributed by atoms with E-state index in [1.54, 1.807) is 30.4 Å². The molecule has 1 aromatic carbocycles. The summed E-state index contributed by atoms with van der Waals surface area (Å²) >= 11 is 0.